The molecule has 19 heavy (non-hydrogen) atoms. The van der Waals surface area contributed by atoms with Crippen molar-refractivity contribution in [2.24, 2.45) is 17.3 Å². The normalized spacial score (nSPS) is 24.4. The molecule has 0 atom stereocenters. The lowest BCUT2D eigenvalue weighted by atomic mass is 9.70. The summed E-state index contributed by atoms with van der Waals surface area (Å²) in [4.78, 5) is 0. The van der Waals surface area contributed by atoms with E-state index in [1.54, 1.807) is 0 Å². The van der Waals surface area contributed by atoms with Crippen LogP contribution in [0, 0.1) is 17.3 Å². The van der Waals surface area contributed by atoms with Crippen molar-refractivity contribution in [2.75, 3.05) is 6.54 Å². The summed E-state index contributed by atoms with van der Waals surface area (Å²) in [6.07, 6.45) is 5.65. The molecule has 2 rings (SSSR count). The molecule has 0 bridgehead atoms. The van der Waals surface area contributed by atoms with Crippen molar-refractivity contribution in [3.05, 3.63) is 35.9 Å². The van der Waals surface area contributed by atoms with Crippen molar-refractivity contribution in [2.45, 2.75) is 53.0 Å². The zero-order valence-electron chi connectivity index (χ0n) is 12.8. The highest BCUT2D eigenvalue weighted by Crippen LogP contribution is 2.39. The van der Waals surface area contributed by atoms with Gasteiger partial charge in [0.15, 0.2) is 0 Å². The Morgan fingerprint density at radius 1 is 1.00 bits per heavy atom. The summed E-state index contributed by atoms with van der Waals surface area (Å²) in [5, 5.41) is 3.62. The van der Waals surface area contributed by atoms with E-state index >= 15 is 0 Å². The Morgan fingerprint density at radius 3 is 2.21 bits per heavy atom. The Hall–Kier alpha value is -0.820. The highest BCUT2D eigenvalue weighted by atomic mass is 14.9. The van der Waals surface area contributed by atoms with Crippen LogP contribution in [-0.4, -0.2) is 6.54 Å². The summed E-state index contributed by atoms with van der Waals surface area (Å²) in [5.41, 5.74) is 1.90. The van der Waals surface area contributed by atoms with Crippen LogP contribution in [0.4, 0.5) is 0 Å². The van der Waals surface area contributed by atoms with E-state index in [0.717, 1.165) is 18.4 Å². The second-order valence-electron chi connectivity index (χ2n) is 7.20. The van der Waals surface area contributed by atoms with E-state index in [-0.39, 0.29) is 0 Å². The zero-order chi connectivity index (χ0) is 13.7. The van der Waals surface area contributed by atoms with Gasteiger partial charge in [-0.3, -0.25) is 0 Å². The van der Waals surface area contributed by atoms with Gasteiger partial charge in [-0.15, -0.1) is 0 Å². The van der Waals surface area contributed by atoms with E-state index < -0.39 is 0 Å². The maximum absolute atomic E-state index is 3.62. The third-order valence-corrected chi connectivity index (χ3v) is 4.68. The highest BCUT2D eigenvalue weighted by molar-refractivity contribution is 5.14. The first kappa shape index (κ1) is 14.6. The number of hydrogen-bond donors (Lipinski definition) is 1. The SMILES string of the molecule is CC(C)(C)C1CCC(CNCc2ccccc2)CC1. The van der Waals surface area contributed by atoms with Crippen molar-refractivity contribution >= 4 is 0 Å². The fourth-order valence-corrected chi connectivity index (χ4v) is 3.25. The molecule has 0 radical (unpaired) electrons. The molecule has 0 amide bonds. The standard InChI is InChI=1S/C18H29N/c1-18(2,3)17-11-9-16(10-12-17)14-19-13-15-7-5-4-6-8-15/h4-8,16-17,19H,9-14H2,1-3H3. The molecule has 0 spiro atoms. The second-order valence-corrected chi connectivity index (χ2v) is 7.20. The molecule has 1 aromatic rings. The van der Waals surface area contributed by atoms with Crippen LogP contribution in [0.5, 0.6) is 0 Å². The minimum absolute atomic E-state index is 0.502. The Labute approximate surface area is 118 Å². The van der Waals surface area contributed by atoms with Crippen molar-refractivity contribution in [1.29, 1.82) is 0 Å². The number of benzene rings is 1. The highest BCUT2D eigenvalue weighted by Gasteiger charge is 2.29. The zero-order valence-corrected chi connectivity index (χ0v) is 12.8. The van der Waals surface area contributed by atoms with Crippen LogP contribution in [0.2, 0.25) is 0 Å². The van der Waals surface area contributed by atoms with E-state index in [2.05, 4.69) is 56.4 Å². The number of hydrogen-bond acceptors (Lipinski definition) is 1. The summed E-state index contributed by atoms with van der Waals surface area (Å²) in [6, 6.07) is 10.7. The quantitative estimate of drug-likeness (QED) is 0.831. The maximum Gasteiger partial charge on any atom is 0.0205 e. The molecule has 0 saturated heterocycles. The lowest BCUT2D eigenvalue weighted by Crippen LogP contribution is -2.30. The van der Waals surface area contributed by atoms with Crippen LogP contribution in [0.25, 0.3) is 0 Å². The Balaban J connectivity index is 1.66. The molecule has 1 fully saturated rings. The van der Waals surface area contributed by atoms with E-state index in [0.29, 0.717) is 5.41 Å². The fraction of sp³-hybridized carbons (Fsp3) is 0.667. The largest absolute Gasteiger partial charge is 0.312 e. The lowest BCUT2D eigenvalue weighted by molar-refractivity contribution is 0.149. The van der Waals surface area contributed by atoms with Crippen LogP contribution in [0.3, 0.4) is 0 Å². The molecule has 0 heterocycles. The third-order valence-electron chi connectivity index (χ3n) is 4.68. The van der Waals surface area contributed by atoms with E-state index in [1.807, 2.05) is 0 Å². The van der Waals surface area contributed by atoms with E-state index in [9.17, 15) is 0 Å². The second kappa shape index (κ2) is 6.56. The summed E-state index contributed by atoms with van der Waals surface area (Å²) < 4.78 is 0. The van der Waals surface area contributed by atoms with Gasteiger partial charge in [0.1, 0.15) is 0 Å². The van der Waals surface area contributed by atoms with Gasteiger partial charge in [-0.2, -0.15) is 0 Å². The molecule has 1 aliphatic rings. The van der Waals surface area contributed by atoms with E-state index in [4.69, 9.17) is 0 Å². The topological polar surface area (TPSA) is 12.0 Å². The predicted octanol–water partition coefficient (Wildman–Crippen LogP) is 4.63. The molecule has 0 aliphatic heterocycles. The molecule has 1 N–H and O–H groups in total. The average Bonchev–Trinajstić information content (AvgIpc) is 2.39. The van der Waals surface area contributed by atoms with Crippen molar-refractivity contribution in [3.63, 3.8) is 0 Å². The van der Waals surface area contributed by atoms with Crippen LogP contribution in [0.15, 0.2) is 30.3 Å². The van der Waals surface area contributed by atoms with Gasteiger partial charge in [0.2, 0.25) is 0 Å². The van der Waals surface area contributed by atoms with Crippen LogP contribution in [-0.2, 0) is 6.54 Å². The number of rotatable bonds is 4. The van der Waals surface area contributed by atoms with Crippen LogP contribution < -0.4 is 5.32 Å². The molecular weight excluding hydrogens is 230 g/mol. The molecule has 1 aliphatic carbocycles. The average molecular weight is 259 g/mol. The molecule has 0 aromatic heterocycles. The van der Waals surface area contributed by atoms with Gasteiger partial charge < -0.3 is 5.32 Å². The first-order valence-electron chi connectivity index (χ1n) is 7.80. The van der Waals surface area contributed by atoms with Crippen molar-refractivity contribution in [3.8, 4) is 0 Å². The summed E-state index contributed by atoms with van der Waals surface area (Å²) in [5.74, 6) is 1.82. The summed E-state index contributed by atoms with van der Waals surface area (Å²) in [6.45, 7) is 9.38. The van der Waals surface area contributed by atoms with Gasteiger partial charge in [-0.05, 0) is 55.0 Å². The molecule has 0 unspecified atom stereocenters. The van der Waals surface area contributed by atoms with Gasteiger partial charge in [-0.1, -0.05) is 51.1 Å². The minimum Gasteiger partial charge on any atom is -0.312 e. The Bertz CT molecular complexity index is 355. The fourth-order valence-electron chi connectivity index (χ4n) is 3.25. The van der Waals surface area contributed by atoms with E-state index in [1.165, 1.54) is 37.8 Å². The van der Waals surface area contributed by atoms with Crippen LogP contribution >= 0.6 is 0 Å². The van der Waals surface area contributed by atoms with Gasteiger partial charge in [-0.25, -0.2) is 0 Å². The molecule has 1 aromatic carbocycles. The predicted molar refractivity (Wildman–Crippen MR) is 83.1 cm³/mol. The Kier molecular flexibility index (Phi) is 5.04. The number of nitrogens with one attached hydrogen (secondary N) is 1. The van der Waals surface area contributed by atoms with Gasteiger partial charge in [0.05, 0.1) is 0 Å². The smallest absolute Gasteiger partial charge is 0.0205 e. The lowest BCUT2D eigenvalue weighted by Gasteiger charge is -2.37. The van der Waals surface area contributed by atoms with Gasteiger partial charge in [0.25, 0.3) is 0 Å². The molecule has 1 saturated carbocycles. The van der Waals surface area contributed by atoms with Crippen molar-refractivity contribution in [1.82, 2.24) is 5.32 Å². The summed E-state index contributed by atoms with van der Waals surface area (Å²) in [7, 11) is 0. The van der Waals surface area contributed by atoms with Gasteiger partial charge in [0, 0.05) is 6.54 Å². The molecular formula is C18H29N. The molecule has 1 heteroatoms. The summed E-state index contributed by atoms with van der Waals surface area (Å²) >= 11 is 0. The Morgan fingerprint density at radius 2 is 1.63 bits per heavy atom. The minimum atomic E-state index is 0.502. The van der Waals surface area contributed by atoms with Crippen LogP contribution in [0.1, 0.15) is 52.0 Å². The first-order valence-corrected chi connectivity index (χ1v) is 7.80. The maximum atomic E-state index is 3.62. The first-order chi connectivity index (χ1) is 9.05. The monoisotopic (exact) mass is 259 g/mol. The molecule has 106 valence electrons. The van der Waals surface area contributed by atoms with Gasteiger partial charge >= 0.3 is 0 Å². The molecule has 1 nitrogen and oxygen atoms in total. The third kappa shape index (κ3) is 4.65. The van der Waals surface area contributed by atoms with Crippen molar-refractivity contribution < 1.29 is 0 Å².